The van der Waals surface area contributed by atoms with Gasteiger partial charge in [-0.15, -0.1) is 12.4 Å². The first-order valence-electron chi connectivity index (χ1n) is 8.44. The number of aryl methyl sites for hydroxylation is 1. The third-order valence-corrected chi connectivity index (χ3v) is 4.97. The molecule has 0 spiro atoms. The molecule has 134 valence electrons. The predicted molar refractivity (Wildman–Crippen MR) is 96.3 cm³/mol. The Balaban J connectivity index is 0.00000208. The van der Waals surface area contributed by atoms with Crippen molar-refractivity contribution in [2.24, 2.45) is 0 Å². The van der Waals surface area contributed by atoms with Crippen LogP contribution >= 0.6 is 12.4 Å². The van der Waals surface area contributed by atoms with E-state index in [1.807, 2.05) is 23.1 Å². The van der Waals surface area contributed by atoms with Gasteiger partial charge in [0.25, 0.3) is 0 Å². The van der Waals surface area contributed by atoms with Gasteiger partial charge in [-0.3, -0.25) is 4.79 Å². The van der Waals surface area contributed by atoms with Crippen LogP contribution in [0.2, 0.25) is 0 Å². The monoisotopic (exact) mass is 354 g/mol. The van der Waals surface area contributed by atoms with Crippen LogP contribution in [0, 0.1) is 0 Å². The smallest absolute Gasteiger partial charge is 0.222 e. The van der Waals surface area contributed by atoms with E-state index in [1.165, 1.54) is 12.8 Å². The van der Waals surface area contributed by atoms with Crippen LogP contribution in [0.5, 0.6) is 11.5 Å². The average molecular weight is 355 g/mol. The number of hydrogen-bond donors (Lipinski definition) is 1. The maximum absolute atomic E-state index is 12.6. The largest absolute Gasteiger partial charge is 0.497 e. The predicted octanol–water partition coefficient (Wildman–Crippen LogP) is 2.41. The zero-order chi connectivity index (χ0) is 16.2. The maximum Gasteiger partial charge on any atom is 0.222 e. The Labute approximate surface area is 150 Å². The van der Waals surface area contributed by atoms with Crippen molar-refractivity contribution < 1.29 is 14.3 Å². The lowest BCUT2D eigenvalue weighted by atomic mass is 10.1. The topological polar surface area (TPSA) is 50.8 Å². The summed E-state index contributed by atoms with van der Waals surface area (Å²) in [5, 5.41) is 3.61. The Bertz CT molecular complexity index is 567. The van der Waals surface area contributed by atoms with E-state index < -0.39 is 0 Å². The number of hydrogen-bond acceptors (Lipinski definition) is 4. The molecule has 1 aromatic carbocycles. The molecule has 0 saturated carbocycles. The number of carbonyl (C=O) groups is 1. The number of nitrogens with zero attached hydrogens (tertiary/aromatic N) is 1. The Kier molecular flexibility index (Phi) is 6.75. The van der Waals surface area contributed by atoms with Crippen LogP contribution in [-0.2, 0) is 11.2 Å². The number of rotatable bonds is 5. The Morgan fingerprint density at radius 1 is 1.21 bits per heavy atom. The lowest BCUT2D eigenvalue weighted by molar-refractivity contribution is -0.131. The number of fused-ring (bicyclic) bond motifs is 2. The van der Waals surface area contributed by atoms with E-state index in [0.717, 1.165) is 36.6 Å². The molecule has 1 N–H and O–H groups in total. The molecule has 2 heterocycles. The third-order valence-electron chi connectivity index (χ3n) is 4.97. The SMILES string of the molecule is COc1ccc(OC)c(CCC(=O)N2CCC3CCC(C2)N3)c1.Cl. The molecule has 1 aromatic rings. The van der Waals surface area contributed by atoms with Crippen molar-refractivity contribution in [3.05, 3.63) is 23.8 Å². The summed E-state index contributed by atoms with van der Waals surface area (Å²) in [5.41, 5.74) is 1.02. The van der Waals surface area contributed by atoms with Crippen LogP contribution in [-0.4, -0.2) is 50.2 Å². The van der Waals surface area contributed by atoms with E-state index in [4.69, 9.17) is 9.47 Å². The molecule has 3 rings (SSSR count). The molecule has 2 aliphatic heterocycles. The van der Waals surface area contributed by atoms with Crippen LogP contribution in [0.1, 0.15) is 31.2 Å². The molecule has 2 fully saturated rings. The van der Waals surface area contributed by atoms with E-state index in [1.54, 1.807) is 14.2 Å². The molecule has 24 heavy (non-hydrogen) atoms. The Hall–Kier alpha value is -1.46. The van der Waals surface area contributed by atoms with E-state index in [9.17, 15) is 4.79 Å². The maximum atomic E-state index is 12.6. The molecule has 0 aliphatic carbocycles. The van der Waals surface area contributed by atoms with Crippen molar-refractivity contribution in [2.45, 2.75) is 44.2 Å². The van der Waals surface area contributed by atoms with Crippen LogP contribution in [0.3, 0.4) is 0 Å². The van der Waals surface area contributed by atoms with Crippen molar-refractivity contribution in [2.75, 3.05) is 27.3 Å². The zero-order valence-corrected chi connectivity index (χ0v) is 15.2. The van der Waals surface area contributed by atoms with Crippen molar-refractivity contribution in [3.63, 3.8) is 0 Å². The van der Waals surface area contributed by atoms with Gasteiger partial charge in [-0.25, -0.2) is 0 Å². The van der Waals surface area contributed by atoms with Gasteiger partial charge >= 0.3 is 0 Å². The van der Waals surface area contributed by atoms with Gasteiger partial charge in [0.2, 0.25) is 5.91 Å². The molecule has 0 radical (unpaired) electrons. The first kappa shape index (κ1) is 18.9. The highest BCUT2D eigenvalue weighted by molar-refractivity contribution is 5.85. The minimum absolute atomic E-state index is 0. The van der Waals surface area contributed by atoms with Crippen LogP contribution in [0.25, 0.3) is 0 Å². The van der Waals surface area contributed by atoms with Gasteiger partial charge in [0.15, 0.2) is 0 Å². The minimum Gasteiger partial charge on any atom is -0.497 e. The number of benzene rings is 1. The summed E-state index contributed by atoms with van der Waals surface area (Å²) in [6.45, 7) is 1.73. The fraction of sp³-hybridized carbons (Fsp3) is 0.611. The van der Waals surface area contributed by atoms with Crippen LogP contribution < -0.4 is 14.8 Å². The number of ether oxygens (including phenoxy) is 2. The molecular formula is C18H27ClN2O3. The number of methoxy groups -OCH3 is 2. The normalized spacial score (nSPS) is 22.5. The lowest BCUT2D eigenvalue weighted by Gasteiger charge is -2.24. The van der Waals surface area contributed by atoms with Gasteiger partial charge in [-0.2, -0.15) is 0 Å². The minimum atomic E-state index is 0. The van der Waals surface area contributed by atoms with Crippen molar-refractivity contribution >= 4 is 18.3 Å². The van der Waals surface area contributed by atoms with Gasteiger partial charge < -0.3 is 19.7 Å². The van der Waals surface area contributed by atoms with Gasteiger partial charge in [-0.05, 0) is 49.4 Å². The Morgan fingerprint density at radius 3 is 2.75 bits per heavy atom. The molecule has 0 aromatic heterocycles. The molecule has 2 unspecified atom stereocenters. The fourth-order valence-electron chi connectivity index (χ4n) is 3.65. The fourth-order valence-corrected chi connectivity index (χ4v) is 3.65. The van der Waals surface area contributed by atoms with Crippen molar-refractivity contribution in [3.8, 4) is 11.5 Å². The highest BCUT2D eigenvalue weighted by Crippen LogP contribution is 2.26. The molecule has 1 amide bonds. The van der Waals surface area contributed by atoms with Gasteiger partial charge in [-0.1, -0.05) is 0 Å². The first-order chi connectivity index (χ1) is 11.2. The van der Waals surface area contributed by atoms with E-state index in [-0.39, 0.29) is 18.3 Å². The summed E-state index contributed by atoms with van der Waals surface area (Å²) in [7, 11) is 3.31. The summed E-state index contributed by atoms with van der Waals surface area (Å²) in [5.74, 6) is 1.85. The van der Waals surface area contributed by atoms with Crippen molar-refractivity contribution in [1.29, 1.82) is 0 Å². The lowest BCUT2D eigenvalue weighted by Crippen LogP contribution is -2.39. The first-order valence-corrected chi connectivity index (χ1v) is 8.44. The summed E-state index contributed by atoms with van der Waals surface area (Å²) < 4.78 is 10.7. The number of likely N-dealkylation sites (tertiary alicyclic amines) is 1. The van der Waals surface area contributed by atoms with Gasteiger partial charge in [0.1, 0.15) is 11.5 Å². The quantitative estimate of drug-likeness (QED) is 0.882. The second kappa shape index (κ2) is 8.58. The summed E-state index contributed by atoms with van der Waals surface area (Å²) in [6.07, 6.45) is 4.72. The molecule has 2 atom stereocenters. The number of carbonyl (C=O) groups excluding carboxylic acids is 1. The van der Waals surface area contributed by atoms with Crippen LogP contribution in [0.15, 0.2) is 18.2 Å². The molecule has 6 heteroatoms. The molecular weight excluding hydrogens is 328 g/mol. The van der Waals surface area contributed by atoms with Crippen molar-refractivity contribution in [1.82, 2.24) is 10.2 Å². The van der Waals surface area contributed by atoms with E-state index in [2.05, 4.69) is 5.32 Å². The second-order valence-corrected chi connectivity index (χ2v) is 6.44. The molecule has 2 saturated heterocycles. The Morgan fingerprint density at radius 2 is 2.00 bits per heavy atom. The molecule has 2 aliphatic rings. The third kappa shape index (κ3) is 4.33. The number of amides is 1. The molecule has 5 nitrogen and oxygen atoms in total. The number of nitrogens with one attached hydrogen (secondary N) is 1. The van der Waals surface area contributed by atoms with Gasteiger partial charge in [0, 0.05) is 31.6 Å². The van der Waals surface area contributed by atoms with Gasteiger partial charge in [0.05, 0.1) is 14.2 Å². The highest BCUT2D eigenvalue weighted by atomic mass is 35.5. The zero-order valence-electron chi connectivity index (χ0n) is 14.4. The second-order valence-electron chi connectivity index (χ2n) is 6.44. The van der Waals surface area contributed by atoms with E-state index in [0.29, 0.717) is 24.9 Å². The van der Waals surface area contributed by atoms with E-state index >= 15 is 0 Å². The highest BCUT2D eigenvalue weighted by Gasteiger charge is 2.30. The standard InChI is InChI=1S/C18H26N2O3.ClH/c1-22-16-6-7-17(23-2)13(11-16)3-8-18(21)20-10-9-14-4-5-15(12-20)19-14;/h6-7,11,14-15,19H,3-5,8-10,12H2,1-2H3;1H. The average Bonchev–Trinajstić information content (AvgIpc) is 2.91. The summed E-state index contributed by atoms with van der Waals surface area (Å²) in [6, 6.07) is 6.82. The number of halogens is 1. The van der Waals surface area contributed by atoms with Crippen LogP contribution in [0.4, 0.5) is 0 Å². The molecule has 2 bridgehead atoms. The summed E-state index contributed by atoms with van der Waals surface area (Å²) in [4.78, 5) is 14.6. The summed E-state index contributed by atoms with van der Waals surface area (Å²) >= 11 is 0.